The van der Waals surface area contributed by atoms with Crippen molar-refractivity contribution < 1.29 is 19.5 Å². The van der Waals surface area contributed by atoms with Crippen LogP contribution in [0.1, 0.15) is 0 Å². The van der Waals surface area contributed by atoms with Crippen LogP contribution in [-0.4, -0.2) is 258 Å². The molecule has 0 saturated carbocycles. The zero-order valence-electron chi connectivity index (χ0n) is 5.60. The van der Waals surface area contributed by atoms with Gasteiger partial charge in [-0.1, -0.05) is 0 Å². The van der Waals surface area contributed by atoms with Crippen LogP contribution < -0.4 is 0 Å². The molecule has 0 atom stereocenters. The van der Waals surface area contributed by atoms with Crippen molar-refractivity contribution in [2.75, 3.05) is 0 Å². The van der Waals surface area contributed by atoms with Crippen molar-refractivity contribution in [3.63, 3.8) is 0 Å². The van der Waals surface area contributed by atoms with E-state index < -0.39 is 0 Å². The average molecular weight is 640 g/mol. The van der Waals surface area contributed by atoms with E-state index in [1.165, 1.54) is 0 Å². The zero-order chi connectivity index (χ0) is 0. The molecule has 0 bridgehead atoms. The summed E-state index contributed by atoms with van der Waals surface area (Å²) >= 11 is 0. The van der Waals surface area contributed by atoms with Crippen LogP contribution in [0.3, 0.4) is 0 Å². The van der Waals surface area contributed by atoms with E-state index in [0.29, 0.717) is 0 Å². The summed E-state index contributed by atoms with van der Waals surface area (Å²) < 4.78 is 0. The second kappa shape index (κ2) is 36.3. The molecule has 0 aromatic rings. The van der Waals surface area contributed by atoms with E-state index in [2.05, 4.69) is 0 Å². The van der Waals surface area contributed by atoms with Gasteiger partial charge in [-0.2, -0.15) is 0 Å². The van der Waals surface area contributed by atoms with Gasteiger partial charge >= 0.3 is 0 Å². The maximum Gasteiger partial charge on any atom is 0 e. The fourth-order valence-electron chi connectivity index (χ4n) is 0. The van der Waals surface area contributed by atoms with Gasteiger partial charge in [0.2, 0.25) is 0 Å². The molecule has 0 saturated heterocycles. The first kappa shape index (κ1) is 44.5. The standard InChI is InChI=1S/2Bi.4K.Zn. The summed E-state index contributed by atoms with van der Waals surface area (Å²) in [6, 6.07) is 0. The minimum absolute atomic E-state index is 0. The van der Waals surface area contributed by atoms with Gasteiger partial charge in [0.05, 0.1) is 0 Å². The van der Waals surface area contributed by atoms with Crippen LogP contribution in [0.4, 0.5) is 0 Å². The maximum absolute atomic E-state index is 0. The SMILES string of the molecule is [Bi].[Bi].[K].[K].[K].[K].[Zn]. The summed E-state index contributed by atoms with van der Waals surface area (Å²) in [5.41, 5.74) is 0. The second-order valence-corrected chi connectivity index (χ2v) is 0. The molecule has 0 fully saturated rings. The normalized spacial score (nSPS) is 0. The summed E-state index contributed by atoms with van der Waals surface area (Å²) in [4.78, 5) is 0. The largest absolute Gasteiger partial charge is 0 e. The van der Waals surface area contributed by atoms with Crippen LogP contribution in [0.2, 0.25) is 0 Å². The number of rotatable bonds is 0. The van der Waals surface area contributed by atoms with Crippen LogP contribution in [0, 0.1) is 0 Å². The molecule has 7 heteroatoms. The molecule has 0 unspecified atom stereocenters. The van der Waals surface area contributed by atoms with Crippen LogP contribution >= 0.6 is 0 Å². The van der Waals surface area contributed by atoms with Crippen molar-refractivity contribution in [2.45, 2.75) is 0 Å². The molecule has 0 aromatic heterocycles. The van der Waals surface area contributed by atoms with E-state index in [9.17, 15) is 0 Å². The molecule has 0 aliphatic carbocycles. The van der Waals surface area contributed by atoms with Gasteiger partial charge < -0.3 is 0 Å². The Morgan fingerprint density at radius 2 is 0.429 bits per heavy atom. The Morgan fingerprint density at radius 3 is 0.429 bits per heavy atom. The minimum Gasteiger partial charge on any atom is 0 e. The predicted molar refractivity (Wildman–Crippen MR) is 34.5 cm³/mol. The van der Waals surface area contributed by atoms with E-state index in [4.69, 9.17) is 0 Å². The van der Waals surface area contributed by atoms with Crippen LogP contribution in [-0.2, 0) is 19.5 Å². The fourth-order valence-corrected chi connectivity index (χ4v) is 0. The molecule has 0 aliphatic heterocycles. The quantitative estimate of drug-likeness (QED) is 0.262. The molecule has 0 N–H and O–H groups in total. The number of hydrogen-bond acceptors (Lipinski definition) is 0. The molecule has 0 heterocycles. The molecular weight excluding hydrogens is 640 g/mol. The summed E-state index contributed by atoms with van der Waals surface area (Å²) in [5, 5.41) is 0. The van der Waals surface area contributed by atoms with Crippen molar-refractivity contribution in [2.24, 2.45) is 0 Å². The first-order chi connectivity index (χ1) is 0. The second-order valence-electron chi connectivity index (χ2n) is 0. The molecule has 0 aliphatic rings. The molecule has 10 radical (unpaired) electrons. The molecule has 0 spiro atoms. The maximum atomic E-state index is 0. The topological polar surface area (TPSA) is 0 Å². The summed E-state index contributed by atoms with van der Waals surface area (Å²) in [6.45, 7) is 0. The molecule has 0 aromatic carbocycles. The zero-order valence-corrected chi connectivity index (χ0v) is 28.0. The molecule has 0 nitrogen and oxygen atoms in total. The van der Waals surface area contributed by atoms with Gasteiger partial charge in [-0.05, 0) is 0 Å². The Bertz CT molecular complexity index is 9.65. The van der Waals surface area contributed by atoms with Gasteiger partial charge in [0, 0.05) is 277 Å². The molecular formula is Bi2K4Zn. The first-order valence-corrected chi connectivity index (χ1v) is 0. The molecule has 0 rings (SSSR count). The summed E-state index contributed by atoms with van der Waals surface area (Å²) in [7, 11) is 0. The van der Waals surface area contributed by atoms with Crippen molar-refractivity contribution in [1.29, 1.82) is 0 Å². The Kier molecular flexibility index (Phi) is 231. The Morgan fingerprint density at radius 1 is 0.429 bits per heavy atom. The van der Waals surface area contributed by atoms with Crippen LogP contribution in [0.25, 0.3) is 0 Å². The average Bonchev–Trinajstić information content (AvgIpc) is 0. The smallest absolute Gasteiger partial charge is 0 e. The van der Waals surface area contributed by atoms with Crippen LogP contribution in [0.15, 0.2) is 0 Å². The predicted octanol–water partition coefficient (Wildman–Crippen LogP) is -2.29. The third-order valence-corrected chi connectivity index (χ3v) is 0. The van der Waals surface area contributed by atoms with Gasteiger partial charge in [-0.25, -0.2) is 0 Å². The van der Waals surface area contributed by atoms with E-state index in [0.717, 1.165) is 0 Å². The van der Waals surface area contributed by atoms with Gasteiger partial charge in [0.15, 0.2) is 0 Å². The molecule has 7 heavy (non-hydrogen) atoms. The Balaban J connectivity index is 0. The Labute approximate surface area is 266 Å². The minimum atomic E-state index is 0. The van der Waals surface area contributed by atoms with E-state index in [1.54, 1.807) is 0 Å². The molecule has 16 valence electrons. The van der Waals surface area contributed by atoms with Crippen LogP contribution in [0.5, 0.6) is 0 Å². The summed E-state index contributed by atoms with van der Waals surface area (Å²) in [5.74, 6) is 0. The van der Waals surface area contributed by atoms with E-state index in [-0.39, 0.29) is 277 Å². The van der Waals surface area contributed by atoms with E-state index in [1.807, 2.05) is 0 Å². The van der Waals surface area contributed by atoms with Crippen molar-refractivity contribution in [3.8, 4) is 0 Å². The van der Waals surface area contributed by atoms with Gasteiger partial charge in [0.1, 0.15) is 0 Å². The van der Waals surface area contributed by atoms with Gasteiger partial charge in [0.25, 0.3) is 0 Å². The third kappa shape index (κ3) is 31.3. The number of hydrogen-bond donors (Lipinski definition) is 0. The molecule has 0 amide bonds. The fraction of sp³-hybridized carbons (Fsp3) is 0. The Hall–Kier alpha value is 8.94. The van der Waals surface area contributed by atoms with E-state index >= 15 is 0 Å². The first-order valence-electron chi connectivity index (χ1n) is 0. The van der Waals surface area contributed by atoms with Crippen molar-refractivity contribution in [3.05, 3.63) is 0 Å². The van der Waals surface area contributed by atoms with Gasteiger partial charge in [-0.15, -0.1) is 0 Å². The van der Waals surface area contributed by atoms with Crippen molar-refractivity contribution >= 4 is 258 Å². The monoisotopic (exact) mass is 638 g/mol. The van der Waals surface area contributed by atoms with Crippen molar-refractivity contribution in [1.82, 2.24) is 0 Å². The van der Waals surface area contributed by atoms with Gasteiger partial charge in [-0.3, -0.25) is 0 Å². The summed E-state index contributed by atoms with van der Waals surface area (Å²) in [6.07, 6.45) is 0. The third-order valence-electron chi connectivity index (χ3n) is 0.